The fourth-order valence-corrected chi connectivity index (χ4v) is 1.47. The smallest absolute Gasteiger partial charge is 0.125 e. The van der Waals surface area contributed by atoms with Crippen molar-refractivity contribution in [3.8, 4) is 0 Å². The highest BCUT2D eigenvalue weighted by Crippen LogP contribution is 1.96. The first-order valence-electron chi connectivity index (χ1n) is 5.93. The van der Waals surface area contributed by atoms with Gasteiger partial charge >= 0.3 is 0 Å². The summed E-state index contributed by atoms with van der Waals surface area (Å²) in [7, 11) is 0. The lowest BCUT2D eigenvalue weighted by Gasteiger charge is -2.06. The highest BCUT2D eigenvalue weighted by atomic mass is 32.2. The van der Waals surface area contributed by atoms with Gasteiger partial charge in [-0.05, 0) is 18.4 Å². The lowest BCUT2D eigenvalue weighted by Crippen LogP contribution is -2.68. The summed E-state index contributed by atoms with van der Waals surface area (Å²) < 4.78 is 0. The fraction of sp³-hybridized carbons (Fsp3) is 0.818. The molecule has 0 saturated carbocycles. The number of aliphatic carboxylic acids is 2. The summed E-state index contributed by atoms with van der Waals surface area (Å²) in [4.78, 5) is 20.1. The Morgan fingerprint density at radius 2 is 1.56 bits per heavy atom. The fourth-order valence-electron chi connectivity index (χ4n) is 0.946. The molecule has 2 atom stereocenters. The maximum absolute atomic E-state index is 10.0. The topological polar surface area (TPSA) is 136 Å². The van der Waals surface area contributed by atoms with Crippen LogP contribution in [0.25, 0.3) is 0 Å². The van der Waals surface area contributed by atoms with Gasteiger partial charge in [-0.3, -0.25) is 0 Å². The molecule has 0 aromatic rings. The Kier molecular flexibility index (Phi) is 13.7. The van der Waals surface area contributed by atoms with Gasteiger partial charge in [0.05, 0.1) is 11.9 Å². The van der Waals surface area contributed by atoms with E-state index < -0.39 is 24.0 Å². The molecule has 6 N–H and O–H groups in total. The monoisotopic (exact) mass is 280 g/mol. The maximum Gasteiger partial charge on any atom is 0.125 e. The number of carbonyl (C=O) groups is 2. The molecule has 0 saturated heterocycles. The highest BCUT2D eigenvalue weighted by molar-refractivity contribution is 7.98. The van der Waals surface area contributed by atoms with Crippen LogP contribution in [0.1, 0.15) is 32.6 Å². The molecule has 0 aliphatic heterocycles. The van der Waals surface area contributed by atoms with Gasteiger partial charge in [-0.2, -0.15) is 11.8 Å². The van der Waals surface area contributed by atoms with Crippen molar-refractivity contribution in [3.63, 3.8) is 0 Å². The number of unbranched alkanes of at least 4 members (excludes halogenated alkanes) is 1. The van der Waals surface area contributed by atoms with E-state index >= 15 is 0 Å². The molecule has 6 nitrogen and oxygen atoms in total. The van der Waals surface area contributed by atoms with E-state index in [0.717, 1.165) is 18.6 Å². The molecule has 0 fully saturated rings. The zero-order valence-corrected chi connectivity index (χ0v) is 12.0. The van der Waals surface area contributed by atoms with Crippen LogP contribution in [-0.2, 0) is 9.59 Å². The van der Waals surface area contributed by atoms with E-state index in [4.69, 9.17) is 0 Å². The minimum atomic E-state index is -1.05. The van der Waals surface area contributed by atoms with Gasteiger partial charge in [0.1, 0.15) is 12.1 Å². The second kappa shape index (κ2) is 12.7. The third-order valence-corrected chi connectivity index (χ3v) is 2.89. The average molecular weight is 280 g/mol. The number of quaternary nitrogens is 2. The molecule has 0 aromatic carbocycles. The van der Waals surface area contributed by atoms with Crippen molar-refractivity contribution >= 4 is 23.7 Å². The summed E-state index contributed by atoms with van der Waals surface area (Å²) in [6.07, 6.45) is 5.10. The summed E-state index contributed by atoms with van der Waals surface area (Å²) in [5, 5.41) is 20.1. The summed E-state index contributed by atoms with van der Waals surface area (Å²) in [6, 6.07) is -1.07. The van der Waals surface area contributed by atoms with Gasteiger partial charge in [0.2, 0.25) is 0 Å². The maximum atomic E-state index is 10.0. The summed E-state index contributed by atoms with van der Waals surface area (Å²) in [5.74, 6) is -1.25. The molecule has 7 heteroatoms. The minimum absolute atomic E-state index is 0.523. The van der Waals surface area contributed by atoms with Gasteiger partial charge < -0.3 is 31.3 Å². The van der Waals surface area contributed by atoms with Crippen molar-refractivity contribution in [3.05, 3.63) is 0 Å². The number of hydrogen-bond acceptors (Lipinski definition) is 5. The predicted molar refractivity (Wildman–Crippen MR) is 65.9 cm³/mol. The van der Waals surface area contributed by atoms with E-state index in [1.165, 1.54) is 0 Å². The average Bonchev–Trinajstić information content (AvgIpc) is 2.33. The molecule has 0 heterocycles. The molecule has 0 spiro atoms. The molecular formula is C11H24N2O4S. The van der Waals surface area contributed by atoms with Crippen LogP contribution in [0.5, 0.6) is 0 Å². The van der Waals surface area contributed by atoms with E-state index in [1.54, 1.807) is 11.8 Å². The molecule has 0 amide bonds. The Bertz CT molecular complexity index is 215. The van der Waals surface area contributed by atoms with Crippen molar-refractivity contribution < 1.29 is 31.3 Å². The Hall–Kier alpha value is -0.790. The summed E-state index contributed by atoms with van der Waals surface area (Å²) >= 11 is 1.62. The Morgan fingerprint density at radius 1 is 1.11 bits per heavy atom. The van der Waals surface area contributed by atoms with Gasteiger partial charge in [0.25, 0.3) is 0 Å². The number of thioether (sulfide) groups is 1. The van der Waals surface area contributed by atoms with Crippen LogP contribution in [0, 0.1) is 0 Å². The normalized spacial score (nSPS) is 13.1. The van der Waals surface area contributed by atoms with Crippen LogP contribution >= 0.6 is 11.8 Å². The Labute approximate surface area is 112 Å². The van der Waals surface area contributed by atoms with E-state index in [1.807, 2.05) is 13.2 Å². The molecule has 0 aliphatic rings. The van der Waals surface area contributed by atoms with Crippen LogP contribution in [0.15, 0.2) is 0 Å². The first-order valence-corrected chi connectivity index (χ1v) is 7.32. The quantitative estimate of drug-likeness (QED) is 0.478. The van der Waals surface area contributed by atoms with Crippen molar-refractivity contribution in [1.82, 2.24) is 0 Å². The lowest BCUT2D eigenvalue weighted by atomic mass is 10.1. The van der Waals surface area contributed by atoms with E-state index in [9.17, 15) is 19.8 Å². The zero-order valence-electron chi connectivity index (χ0n) is 11.1. The van der Waals surface area contributed by atoms with Gasteiger partial charge in [-0.25, -0.2) is 0 Å². The zero-order chi connectivity index (χ0) is 14.6. The third kappa shape index (κ3) is 13.3. The number of rotatable bonds is 8. The van der Waals surface area contributed by atoms with Crippen LogP contribution in [0.4, 0.5) is 0 Å². The molecule has 0 rings (SSSR count). The second-order valence-corrected chi connectivity index (χ2v) is 4.94. The third-order valence-electron chi connectivity index (χ3n) is 2.24. The molecule has 18 heavy (non-hydrogen) atoms. The molecule has 0 aliphatic carbocycles. The lowest BCUT2D eigenvalue weighted by molar-refractivity contribution is -0.438. The van der Waals surface area contributed by atoms with Crippen LogP contribution in [0.2, 0.25) is 0 Å². The van der Waals surface area contributed by atoms with Gasteiger partial charge in [0, 0.05) is 12.8 Å². The van der Waals surface area contributed by atoms with Gasteiger partial charge in [-0.1, -0.05) is 13.3 Å². The summed E-state index contributed by atoms with van der Waals surface area (Å²) in [5.41, 5.74) is 6.81. The van der Waals surface area contributed by atoms with E-state index in [2.05, 4.69) is 11.5 Å². The van der Waals surface area contributed by atoms with E-state index in [-0.39, 0.29) is 0 Å². The Morgan fingerprint density at radius 3 is 1.89 bits per heavy atom. The standard InChI is InChI=1S/C6H13NO2.C5H11NO2S/c1-2-3-4-5(7)6(8)9;1-9-3-2-4(6)5(7)8/h5H,2-4,7H2,1H3,(H,8,9);4H,2-3,6H2,1H3,(H,7,8)/t5-;4-/m10/s1. The first kappa shape index (κ1) is 19.5. The first-order chi connectivity index (χ1) is 8.36. The number of hydrogen-bond donors (Lipinski definition) is 2. The van der Waals surface area contributed by atoms with E-state index in [0.29, 0.717) is 12.8 Å². The predicted octanol–water partition coefficient (Wildman–Crippen LogP) is -3.36. The Balaban J connectivity index is 0. The summed E-state index contributed by atoms with van der Waals surface area (Å²) in [6.45, 7) is 2.02. The van der Waals surface area contributed by atoms with Crippen molar-refractivity contribution in [2.45, 2.75) is 44.7 Å². The van der Waals surface area contributed by atoms with Crippen molar-refractivity contribution in [2.75, 3.05) is 12.0 Å². The molecule has 0 aromatic heterocycles. The van der Waals surface area contributed by atoms with Crippen molar-refractivity contribution in [2.24, 2.45) is 0 Å². The second-order valence-electron chi connectivity index (χ2n) is 3.96. The van der Waals surface area contributed by atoms with Crippen LogP contribution in [0.3, 0.4) is 0 Å². The number of carboxylic acids is 2. The SMILES string of the molecule is CCCC[C@@H]([NH3+])C(=O)[O-].CSCC[C@H]([NH3+])C(=O)[O-]. The molecule has 108 valence electrons. The van der Waals surface area contributed by atoms with Crippen molar-refractivity contribution in [1.29, 1.82) is 0 Å². The number of carboxylic acid groups (broad SMARTS) is 2. The highest BCUT2D eigenvalue weighted by Gasteiger charge is 2.04. The van der Waals surface area contributed by atoms with Crippen LogP contribution in [-0.4, -0.2) is 36.0 Å². The largest absolute Gasteiger partial charge is 0.544 e. The molecular weight excluding hydrogens is 256 g/mol. The van der Waals surface area contributed by atoms with Crippen LogP contribution < -0.4 is 21.7 Å². The molecule has 0 unspecified atom stereocenters. The molecule has 0 radical (unpaired) electrons. The van der Waals surface area contributed by atoms with Gasteiger partial charge in [0.15, 0.2) is 0 Å². The number of carbonyl (C=O) groups excluding carboxylic acids is 2. The minimum Gasteiger partial charge on any atom is -0.544 e. The molecule has 0 bridgehead atoms. The van der Waals surface area contributed by atoms with Gasteiger partial charge in [-0.15, -0.1) is 0 Å².